The molecule has 3 aromatic rings. The first-order valence-corrected chi connectivity index (χ1v) is 13.4. The molecule has 36 heavy (non-hydrogen) atoms. The molecule has 2 aromatic heterocycles. The van der Waals surface area contributed by atoms with Gasteiger partial charge in [-0.25, -0.2) is 17.5 Å². The van der Waals surface area contributed by atoms with E-state index in [-0.39, 0.29) is 34.4 Å². The molecule has 2 atom stereocenters. The van der Waals surface area contributed by atoms with Crippen molar-refractivity contribution < 1.29 is 26.4 Å². The van der Waals surface area contributed by atoms with Crippen molar-refractivity contribution in [2.24, 2.45) is 5.41 Å². The van der Waals surface area contributed by atoms with Crippen LogP contribution in [0.2, 0.25) is 5.15 Å². The van der Waals surface area contributed by atoms with E-state index in [4.69, 9.17) is 11.6 Å². The Labute approximate surface area is 212 Å². The number of sulfone groups is 1. The molecular weight excluding hydrogens is 515 g/mol. The van der Waals surface area contributed by atoms with Gasteiger partial charge >= 0.3 is 0 Å². The van der Waals surface area contributed by atoms with Gasteiger partial charge in [-0.1, -0.05) is 24.9 Å². The van der Waals surface area contributed by atoms with Crippen molar-refractivity contribution >= 4 is 27.2 Å². The number of hydrogen-bond donors (Lipinski definition) is 0. The van der Waals surface area contributed by atoms with Crippen LogP contribution >= 0.6 is 11.6 Å². The molecule has 192 valence electrons. The Morgan fingerprint density at radius 2 is 1.92 bits per heavy atom. The first-order chi connectivity index (χ1) is 16.8. The van der Waals surface area contributed by atoms with Gasteiger partial charge in [-0.3, -0.25) is 9.78 Å². The quantitative estimate of drug-likeness (QED) is 0.343. The summed E-state index contributed by atoms with van der Waals surface area (Å²) in [6.45, 7) is 2.44. The molecule has 0 saturated heterocycles. The number of aryl methyl sites for hydroxylation is 1. The van der Waals surface area contributed by atoms with Gasteiger partial charge in [0.1, 0.15) is 17.3 Å². The summed E-state index contributed by atoms with van der Waals surface area (Å²) in [6, 6.07) is 7.30. The van der Waals surface area contributed by atoms with E-state index in [0.29, 0.717) is 30.5 Å². The highest BCUT2D eigenvalue weighted by molar-refractivity contribution is 7.92. The van der Waals surface area contributed by atoms with Gasteiger partial charge in [0.15, 0.2) is 15.0 Å². The summed E-state index contributed by atoms with van der Waals surface area (Å²) >= 11 is 6.26. The third kappa shape index (κ3) is 5.06. The molecule has 2 heterocycles. The van der Waals surface area contributed by atoms with Crippen LogP contribution < -0.4 is 0 Å². The number of pyridine rings is 1. The number of Topliss-reactive ketones (excluding diaryl/α,β-unsaturated/α-hetero) is 1. The molecule has 0 spiro atoms. The molecule has 6 nitrogen and oxygen atoms in total. The van der Waals surface area contributed by atoms with Crippen molar-refractivity contribution in [3.63, 3.8) is 0 Å². The van der Waals surface area contributed by atoms with Crippen LogP contribution in [0.3, 0.4) is 0 Å². The van der Waals surface area contributed by atoms with E-state index in [1.807, 2.05) is 0 Å². The van der Waals surface area contributed by atoms with Crippen molar-refractivity contribution in [1.82, 2.24) is 14.8 Å². The average Bonchev–Trinajstić information content (AvgIpc) is 3.41. The highest BCUT2D eigenvalue weighted by atomic mass is 35.5. The first kappa shape index (κ1) is 26.3. The van der Waals surface area contributed by atoms with E-state index in [1.165, 1.54) is 35.1 Å². The molecule has 0 amide bonds. The van der Waals surface area contributed by atoms with Crippen molar-refractivity contribution in [2.45, 2.75) is 62.0 Å². The van der Waals surface area contributed by atoms with Gasteiger partial charge in [0.2, 0.25) is 0 Å². The van der Waals surface area contributed by atoms with Gasteiger partial charge in [0, 0.05) is 30.5 Å². The molecular formula is C25H25ClF3N3O3S. The van der Waals surface area contributed by atoms with Gasteiger partial charge < -0.3 is 0 Å². The van der Waals surface area contributed by atoms with Crippen LogP contribution in [0.15, 0.2) is 53.7 Å². The third-order valence-electron chi connectivity index (χ3n) is 6.85. The number of ketones is 1. The predicted molar refractivity (Wildman–Crippen MR) is 129 cm³/mol. The second kappa shape index (κ2) is 9.63. The van der Waals surface area contributed by atoms with Crippen molar-refractivity contribution in [3.8, 4) is 5.69 Å². The Bertz CT molecular complexity index is 1370. The van der Waals surface area contributed by atoms with E-state index in [0.717, 1.165) is 19.1 Å². The van der Waals surface area contributed by atoms with E-state index >= 15 is 0 Å². The Hall–Kier alpha value is -2.72. The summed E-state index contributed by atoms with van der Waals surface area (Å²) in [4.78, 5) is 17.1. The number of aromatic nitrogens is 3. The molecule has 0 N–H and O–H groups in total. The maximum atomic E-state index is 13.4. The average molecular weight is 540 g/mol. The van der Waals surface area contributed by atoms with Gasteiger partial charge in [0.05, 0.1) is 22.0 Å². The van der Waals surface area contributed by atoms with Crippen molar-refractivity contribution in [3.05, 3.63) is 71.0 Å². The summed E-state index contributed by atoms with van der Waals surface area (Å²) in [5, 5.41) is 3.44. The second-order valence-electron chi connectivity index (χ2n) is 9.40. The van der Waals surface area contributed by atoms with Crippen molar-refractivity contribution in [1.29, 1.82) is 0 Å². The van der Waals surface area contributed by atoms with E-state index in [9.17, 15) is 26.4 Å². The zero-order valence-corrected chi connectivity index (χ0v) is 21.3. The van der Waals surface area contributed by atoms with E-state index < -0.39 is 32.2 Å². The number of alkyl halides is 2. The summed E-state index contributed by atoms with van der Waals surface area (Å²) in [6.07, 6.45) is 4.51. The van der Waals surface area contributed by atoms with Crippen LogP contribution in [0.1, 0.15) is 50.8 Å². The lowest BCUT2D eigenvalue weighted by molar-refractivity contribution is -0.127. The maximum absolute atomic E-state index is 13.4. The molecule has 1 aromatic carbocycles. The Balaban J connectivity index is 1.49. The molecule has 1 aliphatic rings. The fourth-order valence-corrected chi connectivity index (χ4v) is 7.22. The van der Waals surface area contributed by atoms with Crippen LogP contribution in [0.5, 0.6) is 0 Å². The molecule has 1 aliphatic carbocycles. The monoisotopic (exact) mass is 539 g/mol. The lowest BCUT2D eigenvalue weighted by Gasteiger charge is -2.30. The summed E-state index contributed by atoms with van der Waals surface area (Å²) in [5.41, 5.74) is -0.462. The molecule has 0 radical (unpaired) electrons. The zero-order chi connectivity index (χ0) is 26.3. The SMILES string of the molecule is CC(F)(F)c1ccc(-n2cc(CCC(=O)C3(C)CCCC3S(=O)(=O)c3ccc(F)cc3)c(Cl)n2)cn1. The number of nitrogens with zero attached hydrogens (tertiary/aromatic N) is 3. The molecule has 2 unspecified atom stereocenters. The second-order valence-corrected chi connectivity index (χ2v) is 11.9. The minimum Gasteiger partial charge on any atom is -0.299 e. The minimum absolute atomic E-state index is 0.000362. The Morgan fingerprint density at radius 1 is 1.22 bits per heavy atom. The number of carbonyl (C=O) groups is 1. The lowest BCUT2D eigenvalue weighted by Crippen LogP contribution is -2.40. The van der Waals surface area contributed by atoms with Crippen LogP contribution in [0.4, 0.5) is 13.2 Å². The van der Waals surface area contributed by atoms with Gasteiger partial charge in [-0.05, 0) is 55.7 Å². The zero-order valence-electron chi connectivity index (χ0n) is 19.7. The standard InChI is InChI=1S/C25H25ClF3N3O3S/c1-24(13-3-4-22(24)36(34,35)19-9-6-17(27)7-10-19)21(33)12-5-16-15-32(31-23(16)26)18-8-11-20(30-14-18)25(2,28)29/h6-11,14-15,22H,3-5,12-13H2,1-2H3. The molecule has 0 bridgehead atoms. The molecule has 11 heteroatoms. The smallest absolute Gasteiger partial charge is 0.286 e. The molecule has 0 aliphatic heterocycles. The number of rotatable bonds is 8. The number of benzene rings is 1. The summed E-state index contributed by atoms with van der Waals surface area (Å²) in [5.74, 6) is -3.80. The normalized spacial score (nSPS) is 20.6. The minimum atomic E-state index is -3.84. The number of hydrogen-bond acceptors (Lipinski definition) is 5. The first-order valence-electron chi connectivity index (χ1n) is 11.4. The van der Waals surface area contributed by atoms with Gasteiger partial charge in [0.25, 0.3) is 5.92 Å². The van der Waals surface area contributed by atoms with Crippen molar-refractivity contribution in [2.75, 3.05) is 0 Å². The Morgan fingerprint density at radius 3 is 2.53 bits per heavy atom. The molecule has 1 fully saturated rings. The number of halogens is 4. The number of carbonyl (C=O) groups excluding carboxylic acids is 1. The third-order valence-corrected chi connectivity index (χ3v) is 9.60. The largest absolute Gasteiger partial charge is 0.299 e. The summed E-state index contributed by atoms with van der Waals surface area (Å²) in [7, 11) is -3.84. The molecule has 4 rings (SSSR count). The van der Waals surface area contributed by atoms with Gasteiger partial charge in [-0.2, -0.15) is 13.9 Å². The maximum Gasteiger partial charge on any atom is 0.286 e. The van der Waals surface area contributed by atoms with Crippen LogP contribution in [-0.2, 0) is 27.0 Å². The van der Waals surface area contributed by atoms with E-state index in [2.05, 4.69) is 10.1 Å². The van der Waals surface area contributed by atoms with Crippen LogP contribution in [-0.4, -0.2) is 34.2 Å². The lowest BCUT2D eigenvalue weighted by atomic mass is 9.81. The summed E-state index contributed by atoms with van der Waals surface area (Å²) < 4.78 is 68.1. The molecule has 1 saturated carbocycles. The fraction of sp³-hybridized carbons (Fsp3) is 0.400. The predicted octanol–water partition coefficient (Wildman–Crippen LogP) is 5.71. The van der Waals surface area contributed by atoms with Crippen LogP contribution in [0.25, 0.3) is 5.69 Å². The van der Waals surface area contributed by atoms with E-state index in [1.54, 1.807) is 13.1 Å². The fourth-order valence-electron chi connectivity index (χ4n) is 4.74. The van der Waals surface area contributed by atoms with Crippen LogP contribution in [0, 0.1) is 11.2 Å². The van der Waals surface area contributed by atoms with Gasteiger partial charge in [-0.15, -0.1) is 0 Å². The Kier molecular flexibility index (Phi) is 7.04. The topological polar surface area (TPSA) is 81.9 Å². The highest BCUT2D eigenvalue weighted by Crippen LogP contribution is 2.45. The highest BCUT2D eigenvalue weighted by Gasteiger charge is 2.50.